The van der Waals surface area contributed by atoms with Crippen molar-refractivity contribution in [2.75, 3.05) is 18.5 Å². The fraction of sp³-hybridized carbons (Fsp3) is 0.250. The number of hydrogen-bond acceptors (Lipinski definition) is 3. The van der Waals surface area contributed by atoms with Crippen LogP contribution in [0.4, 0.5) is 0 Å². The maximum Gasteiger partial charge on any atom is 0.241 e. The third kappa shape index (κ3) is 3.29. The molecule has 0 saturated heterocycles. The van der Waals surface area contributed by atoms with Crippen molar-refractivity contribution in [2.45, 2.75) is 0 Å². The lowest BCUT2D eigenvalue weighted by Gasteiger charge is -2.05. The summed E-state index contributed by atoms with van der Waals surface area (Å²) in [5.74, 6) is -0.199. The van der Waals surface area contributed by atoms with Crippen LogP contribution in [-0.4, -0.2) is 23.7 Å². The number of hydrogen-bond donors (Lipinski definition) is 2. The van der Waals surface area contributed by atoms with Crippen LogP contribution in [0.5, 0.6) is 0 Å². The molecule has 5 heteroatoms. The van der Waals surface area contributed by atoms with Crippen molar-refractivity contribution in [1.82, 2.24) is 9.99 Å². The van der Waals surface area contributed by atoms with Crippen LogP contribution < -0.4 is 10.7 Å². The number of nitrogens with one attached hydrogen (secondary N) is 2. The Labute approximate surface area is 75.9 Å². The largest absolute Gasteiger partial charge is 0.341 e. The van der Waals surface area contributed by atoms with Gasteiger partial charge in [0.15, 0.2) is 0 Å². The molecule has 0 radical (unpaired) electrons. The number of amides is 1. The molecule has 1 aromatic rings. The molecular weight excluding hydrogens is 168 g/mol. The zero-order chi connectivity index (χ0) is 9.52. The average Bonchev–Trinajstić information content (AvgIpc) is 2.64. The van der Waals surface area contributed by atoms with E-state index in [0.717, 1.165) is 0 Å². The first kappa shape index (κ1) is 9.13. The Morgan fingerprint density at radius 2 is 2.15 bits per heavy atom. The SMILES string of the molecule is N#CCNC(=O)CNn1cccc1. The van der Waals surface area contributed by atoms with E-state index in [1.54, 1.807) is 17.1 Å². The normalized spacial score (nSPS) is 8.85. The van der Waals surface area contributed by atoms with Gasteiger partial charge in [0.05, 0.1) is 6.07 Å². The second-order valence-electron chi connectivity index (χ2n) is 2.36. The topological polar surface area (TPSA) is 69.8 Å². The first-order chi connectivity index (χ1) is 6.33. The first-order valence-electron chi connectivity index (χ1n) is 3.83. The monoisotopic (exact) mass is 178 g/mol. The molecule has 2 N–H and O–H groups in total. The highest BCUT2D eigenvalue weighted by Crippen LogP contribution is 1.83. The highest BCUT2D eigenvalue weighted by atomic mass is 16.2. The quantitative estimate of drug-likeness (QED) is 0.620. The molecule has 1 rings (SSSR count). The van der Waals surface area contributed by atoms with Crippen LogP contribution >= 0.6 is 0 Å². The van der Waals surface area contributed by atoms with Gasteiger partial charge in [-0.25, -0.2) is 0 Å². The Morgan fingerprint density at radius 3 is 2.77 bits per heavy atom. The molecule has 0 bridgehead atoms. The summed E-state index contributed by atoms with van der Waals surface area (Å²) in [6.07, 6.45) is 3.58. The minimum absolute atomic E-state index is 0.0478. The summed E-state index contributed by atoms with van der Waals surface area (Å²) < 4.78 is 1.67. The standard InChI is InChI=1S/C8H10N4O/c9-3-4-10-8(13)7-11-12-5-1-2-6-12/h1-2,5-6,11H,4,7H2,(H,10,13). The van der Waals surface area contributed by atoms with Crippen LogP contribution in [0.25, 0.3) is 0 Å². The molecule has 0 aliphatic carbocycles. The van der Waals surface area contributed by atoms with Gasteiger partial charge >= 0.3 is 0 Å². The zero-order valence-corrected chi connectivity index (χ0v) is 7.03. The smallest absolute Gasteiger partial charge is 0.241 e. The Hall–Kier alpha value is -1.96. The van der Waals surface area contributed by atoms with Crippen LogP contribution in [0, 0.1) is 11.3 Å². The Balaban J connectivity index is 2.20. The van der Waals surface area contributed by atoms with Crippen molar-refractivity contribution >= 4 is 5.91 Å². The maximum absolute atomic E-state index is 11.0. The van der Waals surface area contributed by atoms with E-state index >= 15 is 0 Å². The molecule has 0 fully saturated rings. The number of carbonyl (C=O) groups excluding carboxylic acids is 1. The van der Waals surface area contributed by atoms with Crippen molar-refractivity contribution in [2.24, 2.45) is 0 Å². The minimum atomic E-state index is -0.199. The summed E-state index contributed by atoms with van der Waals surface area (Å²) >= 11 is 0. The van der Waals surface area contributed by atoms with Crippen LogP contribution in [0.3, 0.4) is 0 Å². The van der Waals surface area contributed by atoms with Gasteiger partial charge in [-0.05, 0) is 12.1 Å². The summed E-state index contributed by atoms with van der Waals surface area (Å²) in [4.78, 5) is 11.0. The van der Waals surface area contributed by atoms with Gasteiger partial charge in [0, 0.05) is 12.4 Å². The van der Waals surface area contributed by atoms with E-state index in [9.17, 15) is 4.79 Å². The molecule has 0 aliphatic heterocycles. The van der Waals surface area contributed by atoms with Crippen molar-refractivity contribution in [3.63, 3.8) is 0 Å². The number of rotatable bonds is 4. The highest BCUT2D eigenvalue weighted by molar-refractivity contribution is 5.79. The summed E-state index contributed by atoms with van der Waals surface area (Å²) in [5, 5.41) is 10.6. The van der Waals surface area contributed by atoms with Crippen molar-refractivity contribution in [3.05, 3.63) is 24.5 Å². The lowest BCUT2D eigenvalue weighted by Crippen LogP contribution is -2.32. The summed E-state index contributed by atoms with van der Waals surface area (Å²) in [6, 6.07) is 5.52. The molecule has 1 heterocycles. The maximum atomic E-state index is 11.0. The van der Waals surface area contributed by atoms with E-state index in [4.69, 9.17) is 5.26 Å². The molecule has 1 amide bonds. The predicted molar refractivity (Wildman–Crippen MR) is 47.3 cm³/mol. The Bertz CT molecular complexity index is 298. The average molecular weight is 178 g/mol. The van der Waals surface area contributed by atoms with Gasteiger partial charge in [-0.1, -0.05) is 0 Å². The Kier molecular flexibility index (Phi) is 3.39. The summed E-state index contributed by atoms with van der Waals surface area (Å²) in [5.41, 5.74) is 2.83. The Morgan fingerprint density at radius 1 is 1.46 bits per heavy atom. The number of aromatic nitrogens is 1. The van der Waals surface area contributed by atoms with E-state index in [-0.39, 0.29) is 19.0 Å². The predicted octanol–water partition coefficient (Wildman–Crippen LogP) is -0.329. The van der Waals surface area contributed by atoms with Gasteiger partial charge in [0.2, 0.25) is 5.91 Å². The fourth-order valence-electron chi connectivity index (χ4n) is 0.804. The van der Waals surface area contributed by atoms with Gasteiger partial charge < -0.3 is 10.7 Å². The minimum Gasteiger partial charge on any atom is -0.341 e. The van der Waals surface area contributed by atoms with E-state index in [0.29, 0.717) is 0 Å². The summed E-state index contributed by atoms with van der Waals surface area (Å²) in [6.45, 7) is 0.211. The van der Waals surface area contributed by atoms with Crippen LogP contribution in [0.2, 0.25) is 0 Å². The van der Waals surface area contributed by atoms with Gasteiger partial charge in [-0.3, -0.25) is 9.47 Å². The second kappa shape index (κ2) is 4.83. The van der Waals surface area contributed by atoms with Crippen molar-refractivity contribution < 1.29 is 4.79 Å². The lowest BCUT2D eigenvalue weighted by molar-refractivity contribution is -0.119. The molecule has 5 nitrogen and oxygen atoms in total. The zero-order valence-electron chi connectivity index (χ0n) is 7.03. The molecule has 0 aliphatic rings. The molecule has 0 aromatic carbocycles. The molecule has 0 saturated carbocycles. The molecule has 0 spiro atoms. The molecule has 1 aromatic heterocycles. The van der Waals surface area contributed by atoms with Gasteiger partial charge in [0.25, 0.3) is 0 Å². The van der Waals surface area contributed by atoms with Gasteiger partial charge in [-0.15, -0.1) is 0 Å². The van der Waals surface area contributed by atoms with E-state index in [1.807, 2.05) is 18.2 Å². The number of nitrogens with zero attached hydrogens (tertiary/aromatic N) is 2. The van der Waals surface area contributed by atoms with Crippen molar-refractivity contribution in [3.8, 4) is 6.07 Å². The third-order valence-electron chi connectivity index (χ3n) is 1.39. The van der Waals surface area contributed by atoms with Crippen molar-refractivity contribution in [1.29, 1.82) is 5.26 Å². The van der Waals surface area contributed by atoms with Gasteiger partial charge in [0.1, 0.15) is 13.1 Å². The molecule has 68 valence electrons. The summed E-state index contributed by atoms with van der Waals surface area (Å²) in [7, 11) is 0. The first-order valence-corrected chi connectivity index (χ1v) is 3.83. The van der Waals surface area contributed by atoms with Crippen LogP contribution in [-0.2, 0) is 4.79 Å². The molecule has 13 heavy (non-hydrogen) atoms. The molecular formula is C8H10N4O. The third-order valence-corrected chi connectivity index (χ3v) is 1.39. The second-order valence-corrected chi connectivity index (χ2v) is 2.36. The molecule has 0 unspecified atom stereocenters. The van der Waals surface area contributed by atoms with Crippen LogP contribution in [0.1, 0.15) is 0 Å². The van der Waals surface area contributed by atoms with E-state index in [2.05, 4.69) is 10.7 Å². The van der Waals surface area contributed by atoms with E-state index < -0.39 is 0 Å². The number of nitriles is 1. The lowest BCUT2D eigenvalue weighted by atomic mass is 10.6. The molecule has 0 atom stereocenters. The van der Waals surface area contributed by atoms with Gasteiger partial charge in [-0.2, -0.15) is 5.26 Å². The number of carbonyl (C=O) groups is 1. The fourth-order valence-corrected chi connectivity index (χ4v) is 0.804. The highest BCUT2D eigenvalue weighted by Gasteiger charge is 1.97. The van der Waals surface area contributed by atoms with E-state index in [1.165, 1.54) is 0 Å². The van der Waals surface area contributed by atoms with Crippen LogP contribution in [0.15, 0.2) is 24.5 Å².